The number of esters is 1. The number of hydrogen-bond acceptors (Lipinski definition) is 3. The predicted octanol–water partition coefficient (Wildman–Crippen LogP) is 2.54. The van der Waals surface area contributed by atoms with Crippen molar-refractivity contribution in [2.45, 2.75) is 20.8 Å². The number of carbonyl (C=O) groups excluding carboxylic acids is 1. The average Bonchev–Trinajstić information content (AvgIpc) is 2.26. The van der Waals surface area contributed by atoms with Crippen LogP contribution in [0.15, 0.2) is 24.8 Å². The van der Waals surface area contributed by atoms with Crippen molar-refractivity contribution in [2.24, 2.45) is 0 Å². The maximum absolute atomic E-state index is 9.84. The topological polar surface area (TPSA) is 52.3 Å². The van der Waals surface area contributed by atoms with E-state index in [1.165, 1.54) is 23.8 Å². The zero-order valence-electron chi connectivity index (χ0n) is 10.3. The molecule has 0 unspecified atom stereocenters. The third kappa shape index (κ3) is 4.64. The zero-order valence-corrected chi connectivity index (χ0v) is 10.3. The lowest BCUT2D eigenvalue weighted by Gasteiger charge is -2.03. The minimum Gasteiger partial charge on any atom is -0.466 e. The largest absolute Gasteiger partial charge is 0.466 e. The summed E-state index contributed by atoms with van der Waals surface area (Å²) in [4.78, 5) is 9.84. The molecule has 2 N–H and O–H groups in total. The molecule has 1 rings (SSSR count). The van der Waals surface area contributed by atoms with E-state index in [0.717, 1.165) is 11.8 Å². The number of methoxy groups -OCH3 is 1. The Bertz CT molecular complexity index is 334. The number of benzene rings is 1. The second-order valence-electron chi connectivity index (χ2n) is 3.52. The molecule has 1 aromatic carbocycles. The maximum Gasteiger partial charge on any atom is 0.329 e. The highest BCUT2D eigenvalue weighted by Crippen LogP contribution is 2.16. The molecule has 0 aliphatic carbocycles. The first kappa shape index (κ1) is 14.2. The van der Waals surface area contributed by atoms with Gasteiger partial charge in [-0.15, -0.1) is 0 Å². The molecule has 0 aliphatic rings. The number of rotatable bonds is 1. The van der Waals surface area contributed by atoms with Crippen LogP contribution < -0.4 is 5.73 Å². The summed E-state index contributed by atoms with van der Waals surface area (Å²) in [5, 5.41) is 0. The molecule has 1 aromatic rings. The summed E-state index contributed by atoms with van der Waals surface area (Å²) in [6.45, 7) is 9.36. The van der Waals surface area contributed by atoms with Gasteiger partial charge in [0.15, 0.2) is 0 Å². The van der Waals surface area contributed by atoms with Crippen LogP contribution in [0.3, 0.4) is 0 Å². The van der Waals surface area contributed by atoms with Crippen LogP contribution in [-0.2, 0) is 9.53 Å². The summed E-state index contributed by atoms with van der Waals surface area (Å²) >= 11 is 0. The molecule has 0 atom stereocenters. The number of nitrogen functional groups attached to an aromatic ring is 1. The van der Waals surface area contributed by atoms with Gasteiger partial charge < -0.3 is 10.5 Å². The Morgan fingerprint density at radius 3 is 2.06 bits per heavy atom. The van der Waals surface area contributed by atoms with Gasteiger partial charge in [-0.1, -0.05) is 12.6 Å². The summed E-state index contributed by atoms with van der Waals surface area (Å²) in [7, 11) is 1.31. The van der Waals surface area contributed by atoms with E-state index in [1.807, 2.05) is 13.0 Å². The van der Waals surface area contributed by atoms with Gasteiger partial charge >= 0.3 is 5.97 Å². The molecule has 0 amide bonds. The number of nitrogens with two attached hydrogens (primary N) is 1. The van der Waals surface area contributed by atoms with Crippen LogP contribution in [0, 0.1) is 20.8 Å². The van der Waals surface area contributed by atoms with Crippen molar-refractivity contribution in [3.63, 3.8) is 0 Å². The molecule has 0 bridgehead atoms. The molecule has 0 saturated heterocycles. The van der Waals surface area contributed by atoms with Crippen LogP contribution in [0.1, 0.15) is 16.7 Å². The number of ether oxygens (including phenoxy) is 1. The summed E-state index contributed by atoms with van der Waals surface area (Å²) in [6.07, 6.45) is 1.11. The Hall–Kier alpha value is -1.77. The van der Waals surface area contributed by atoms with Crippen molar-refractivity contribution < 1.29 is 9.53 Å². The molecule has 0 aliphatic heterocycles. The van der Waals surface area contributed by atoms with Crippen LogP contribution in [0.2, 0.25) is 0 Å². The van der Waals surface area contributed by atoms with E-state index in [1.54, 1.807) is 0 Å². The second-order valence-corrected chi connectivity index (χ2v) is 3.52. The van der Waals surface area contributed by atoms with Gasteiger partial charge in [-0.05, 0) is 43.5 Å². The fourth-order valence-electron chi connectivity index (χ4n) is 1.07. The fourth-order valence-corrected chi connectivity index (χ4v) is 1.07. The molecule has 88 valence electrons. The molecular formula is C13H19NO2. The highest BCUT2D eigenvalue weighted by Gasteiger charge is 1.95. The summed E-state index contributed by atoms with van der Waals surface area (Å²) < 4.78 is 4.14. The van der Waals surface area contributed by atoms with Gasteiger partial charge in [0, 0.05) is 11.8 Å². The molecular weight excluding hydrogens is 202 g/mol. The van der Waals surface area contributed by atoms with E-state index < -0.39 is 5.97 Å². The Morgan fingerprint density at radius 1 is 1.25 bits per heavy atom. The summed E-state index contributed by atoms with van der Waals surface area (Å²) in [5.41, 5.74) is 10.3. The third-order valence-corrected chi connectivity index (χ3v) is 2.25. The lowest BCUT2D eigenvalue weighted by Crippen LogP contribution is -1.91. The van der Waals surface area contributed by atoms with Crippen molar-refractivity contribution in [2.75, 3.05) is 12.8 Å². The average molecular weight is 221 g/mol. The zero-order chi connectivity index (χ0) is 12.7. The minimum absolute atomic E-state index is 0.394. The normalized spacial score (nSPS) is 8.75. The summed E-state index contributed by atoms with van der Waals surface area (Å²) in [5.74, 6) is -0.394. The lowest BCUT2D eigenvalue weighted by molar-refractivity contribution is -0.134. The van der Waals surface area contributed by atoms with Gasteiger partial charge in [0.25, 0.3) is 0 Å². The van der Waals surface area contributed by atoms with Gasteiger partial charge in [-0.25, -0.2) is 4.79 Å². The van der Waals surface area contributed by atoms with Crippen LogP contribution in [0.4, 0.5) is 5.69 Å². The fraction of sp³-hybridized carbons (Fsp3) is 0.308. The standard InChI is InChI=1S/C9H13N.C4H6O2/c1-6-4-8(3)9(10)5-7(6)2;1-3-4(5)6-2/h4-5H,10H2,1-3H3;3H,1H2,2H3. The molecule has 0 saturated carbocycles. The van der Waals surface area contributed by atoms with E-state index in [9.17, 15) is 4.79 Å². The first-order valence-corrected chi connectivity index (χ1v) is 4.96. The van der Waals surface area contributed by atoms with Gasteiger partial charge in [-0.3, -0.25) is 0 Å². The number of anilines is 1. The van der Waals surface area contributed by atoms with Crippen LogP contribution in [-0.4, -0.2) is 13.1 Å². The molecule has 0 heterocycles. The van der Waals surface area contributed by atoms with Crippen LogP contribution in [0.5, 0.6) is 0 Å². The monoisotopic (exact) mass is 221 g/mol. The van der Waals surface area contributed by atoms with E-state index >= 15 is 0 Å². The first-order chi connectivity index (χ1) is 7.42. The van der Waals surface area contributed by atoms with E-state index in [4.69, 9.17) is 5.73 Å². The SMILES string of the molecule is C=CC(=O)OC.Cc1cc(C)c(N)cc1C. The van der Waals surface area contributed by atoms with E-state index in [2.05, 4.69) is 31.2 Å². The quantitative estimate of drug-likeness (QED) is 0.450. The Kier molecular flexibility index (Phi) is 5.93. The molecule has 0 spiro atoms. The number of carbonyl (C=O) groups is 1. The van der Waals surface area contributed by atoms with Crippen LogP contribution in [0.25, 0.3) is 0 Å². The van der Waals surface area contributed by atoms with Crippen molar-refractivity contribution in [3.05, 3.63) is 41.5 Å². The molecule has 16 heavy (non-hydrogen) atoms. The van der Waals surface area contributed by atoms with Gasteiger partial charge in [-0.2, -0.15) is 0 Å². The van der Waals surface area contributed by atoms with Gasteiger partial charge in [0.1, 0.15) is 0 Å². The van der Waals surface area contributed by atoms with Crippen molar-refractivity contribution >= 4 is 11.7 Å². The molecule has 0 radical (unpaired) electrons. The van der Waals surface area contributed by atoms with Crippen molar-refractivity contribution in [1.82, 2.24) is 0 Å². The Balaban J connectivity index is 0.000000325. The predicted molar refractivity (Wildman–Crippen MR) is 67.3 cm³/mol. The van der Waals surface area contributed by atoms with Gasteiger partial charge in [0.05, 0.1) is 7.11 Å². The Labute approximate surface area is 96.9 Å². The van der Waals surface area contributed by atoms with Crippen LogP contribution >= 0.6 is 0 Å². The minimum atomic E-state index is -0.394. The lowest BCUT2D eigenvalue weighted by atomic mass is 10.1. The van der Waals surface area contributed by atoms with Gasteiger partial charge in [0.2, 0.25) is 0 Å². The Morgan fingerprint density at radius 2 is 1.75 bits per heavy atom. The van der Waals surface area contributed by atoms with E-state index in [0.29, 0.717) is 0 Å². The maximum atomic E-state index is 9.84. The second kappa shape index (κ2) is 6.67. The third-order valence-electron chi connectivity index (χ3n) is 2.25. The number of hydrogen-bond donors (Lipinski definition) is 1. The number of aryl methyl sites for hydroxylation is 3. The van der Waals surface area contributed by atoms with E-state index in [-0.39, 0.29) is 0 Å². The highest BCUT2D eigenvalue weighted by atomic mass is 16.5. The molecule has 0 aromatic heterocycles. The summed E-state index contributed by atoms with van der Waals surface area (Å²) in [6, 6.07) is 4.13. The van der Waals surface area contributed by atoms with Crippen molar-refractivity contribution in [1.29, 1.82) is 0 Å². The molecule has 0 fully saturated rings. The smallest absolute Gasteiger partial charge is 0.329 e. The molecule has 3 nitrogen and oxygen atoms in total. The molecule has 3 heteroatoms. The first-order valence-electron chi connectivity index (χ1n) is 4.96. The highest BCUT2D eigenvalue weighted by molar-refractivity contribution is 5.80. The van der Waals surface area contributed by atoms with Crippen molar-refractivity contribution in [3.8, 4) is 0 Å².